The molecule has 0 N–H and O–H groups in total. The van der Waals surface area contributed by atoms with E-state index in [0.717, 1.165) is 0 Å². The van der Waals surface area contributed by atoms with Gasteiger partial charge in [0.15, 0.2) is 0 Å². The first-order valence-electron chi connectivity index (χ1n) is 9.57. The second kappa shape index (κ2) is 17.1. The molecule has 0 fully saturated rings. The monoisotopic (exact) mass is 1070 g/mol. The fourth-order valence-corrected chi connectivity index (χ4v) is 3.60. The van der Waals surface area contributed by atoms with Crippen molar-refractivity contribution in [2.24, 2.45) is 0 Å². The second-order valence-corrected chi connectivity index (χ2v) is 6.91. The molecule has 2 aliphatic carbocycles. The second-order valence-electron chi connectivity index (χ2n) is 6.91. The normalized spacial score (nSPS) is 10.9. The third-order valence-electron chi connectivity index (χ3n) is 5.07. The summed E-state index contributed by atoms with van der Waals surface area (Å²) in [6.07, 6.45) is 6.33. The van der Waals surface area contributed by atoms with Crippen LogP contribution in [0.5, 0.6) is 0 Å². The first-order valence-corrected chi connectivity index (χ1v) is 9.57. The number of fused-ring (bicyclic) bond motifs is 6. The molecule has 2 aliphatic rings. The first kappa shape index (κ1) is 40.8. The van der Waals surface area contributed by atoms with Crippen molar-refractivity contribution >= 4 is 23.1 Å². The summed E-state index contributed by atoms with van der Waals surface area (Å²) in [6, 6.07) is 12.9. The van der Waals surface area contributed by atoms with E-state index in [1.54, 1.807) is 73.3 Å². The van der Waals surface area contributed by atoms with Gasteiger partial charge in [-0.3, -0.25) is 39.1 Å². The SMILES string of the molecule is O=C1C(=O)c2cccnc2-c2ncccc21.O=C1C(=O)c2cccnc2-c2ncccc21.[CH3-].[CH3-].[CH3-].[CH3-].[Pt+2].[Pt+2].[Pt]. The van der Waals surface area contributed by atoms with Crippen LogP contribution in [0.3, 0.4) is 0 Å². The Bertz CT molecular complexity index is 1260. The number of Topliss-reactive ketones (excluding diaryl/α,β-unsaturated/α-hetero) is 4. The summed E-state index contributed by atoms with van der Waals surface area (Å²) >= 11 is 0. The van der Waals surface area contributed by atoms with Gasteiger partial charge in [0, 0.05) is 45.9 Å². The van der Waals surface area contributed by atoms with Crippen molar-refractivity contribution in [3.05, 3.63) is 125 Å². The molecule has 11 heteroatoms. The summed E-state index contributed by atoms with van der Waals surface area (Å²) in [6.45, 7) is 0. The summed E-state index contributed by atoms with van der Waals surface area (Å²) in [5.74, 6) is -2.04. The van der Waals surface area contributed by atoms with Crippen molar-refractivity contribution in [2.45, 2.75) is 0 Å². The maximum Gasteiger partial charge on any atom is 2.00 e. The Morgan fingerprint density at radius 1 is 0.385 bits per heavy atom. The molecule has 0 spiro atoms. The molecule has 39 heavy (non-hydrogen) atoms. The van der Waals surface area contributed by atoms with Crippen LogP contribution in [-0.4, -0.2) is 43.1 Å². The van der Waals surface area contributed by atoms with Crippen LogP contribution in [-0.2, 0) is 63.2 Å². The van der Waals surface area contributed by atoms with Gasteiger partial charge < -0.3 is 29.7 Å². The number of carbonyl (C=O) groups excluding carboxylic acids is 4. The Balaban J connectivity index is -0.000000563. The van der Waals surface area contributed by atoms with E-state index in [-0.39, 0.29) is 92.9 Å². The molecule has 210 valence electrons. The molecule has 4 aromatic rings. The van der Waals surface area contributed by atoms with Crippen molar-refractivity contribution in [1.29, 1.82) is 0 Å². The molecule has 4 aromatic heterocycles. The Hall–Kier alpha value is -2.66. The molecule has 6 rings (SSSR count). The summed E-state index contributed by atoms with van der Waals surface area (Å²) < 4.78 is 0. The minimum atomic E-state index is -0.511. The number of hydrogen-bond donors (Lipinski definition) is 0. The number of nitrogens with zero attached hydrogens (tertiary/aromatic N) is 4. The molecule has 0 aromatic carbocycles. The molecule has 0 unspecified atom stereocenters. The Morgan fingerprint density at radius 3 is 0.744 bits per heavy atom. The number of ketones is 4. The van der Waals surface area contributed by atoms with Crippen LogP contribution < -0.4 is 0 Å². The summed E-state index contributed by atoms with van der Waals surface area (Å²) in [4.78, 5) is 63.5. The number of aromatic nitrogens is 4. The summed E-state index contributed by atoms with van der Waals surface area (Å²) in [5, 5.41) is 0. The zero-order chi connectivity index (χ0) is 22.2. The van der Waals surface area contributed by atoms with Crippen LogP contribution in [0.4, 0.5) is 0 Å². The van der Waals surface area contributed by atoms with E-state index in [1.165, 1.54) is 0 Å². The predicted molar refractivity (Wildman–Crippen MR) is 138 cm³/mol. The maximum absolute atomic E-state index is 11.8. The molecule has 0 saturated heterocycles. The standard InChI is InChI=1S/2C12H6N2O2.4CH3.3Pt/c2*15-11-7-3-1-5-13-9(7)10-8(12(11)16)4-2-6-14-10;;;;;;;/h2*1-6H;4*1H3;;;/q;;4*-1;;2*+2. The number of rotatable bonds is 0. The Labute approximate surface area is 271 Å². The van der Waals surface area contributed by atoms with Gasteiger partial charge >= 0.3 is 42.1 Å². The summed E-state index contributed by atoms with van der Waals surface area (Å²) in [7, 11) is 0. The van der Waals surface area contributed by atoms with E-state index >= 15 is 0 Å². The van der Waals surface area contributed by atoms with Crippen LogP contribution in [0.2, 0.25) is 0 Å². The quantitative estimate of drug-likeness (QED) is 0.182. The molecule has 8 nitrogen and oxygen atoms in total. The van der Waals surface area contributed by atoms with Gasteiger partial charge in [0.2, 0.25) is 23.1 Å². The zero-order valence-electron chi connectivity index (χ0n) is 21.3. The largest absolute Gasteiger partial charge is 2.00 e. The molecule has 4 heterocycles. The number of pyridine rings is 4. The molecule has 0 aliphatic heterocycles. The topological polar surface area (TPSA) is 120 Å². The smallest absolute Gasteiger partial charge is 0.358 e. The van der Waals surface area contributed by atoms with E-state index in [1.807, 2.05) is 0 Å². The molecule has 0 radical (unpaired) electrons. The van der Waals surface area contributed by atoms with Gasteiger partial charge in [-0.25, -0.2) is 0 Å². The van der Waals surface area contributed by atoms with Crippen molar-refractivity contribution in [2.75, 3.05) is 0 Å². The third-order valence-corrected chi connectivity index (χ3v) is 5.07. The van der Waals surface area contributed by atoms with Gasteiger partial charge in [0.1, 0.15) is 22.8 Å². The van der Waals surface area contributed by atoms with Crippen molar-refractivity contribution < 1.29 is 82.4 Å². The Kier molecular flexibility index (Phi) is 17.9. The average Bonchev–Trinajstić information content (AvgIpc) is 2.86. The minimum absolute atomic E-state index is 0. The maximum atomic E-state index is 11.8. The summed E-state index contributed by atoms with van der Waals surface area (Å²) in [5.41, 5.74) is 3.28. The fraction of sp³-hybridized carbons (Fsp3) is 0. The van der Waals surface area contributed by atoms with Crippen LogP contribution in [0.1, 0.15) is 41.4 Å². The van der Waals surface area contributed by atoms with Gasteiger partial charge in [0.05, 0.1) is 22.3 Å². The van der Waals surface area contributed by atoms with Crippen LogP contribution >= 0.6 is 0 Å². The van der Waals surface area contributed by atoms with E-state index in [4.69, 9.17) is 0 Å². The number of hydrogen-bond acceptors (Lipinski definition) is 8. The van der Waals surface area contributed by atoms with Gasteiger partial charge in [-0.05, 0) is 48.5 Å². The van der Waals surface area contributed by atoms with Gasteiger partial charge in [-0.15, -0.1) is 0 Å². The Morgan fingerprint density at radius 2 is 0.564 bits per heavy atom. The molecule has 0 atom stereocenters. The van der Waals surface area contributed by atoms with Gasteiger partial charge in [0.25, 0.3) is 0 Å². The average molecular weight is 1070 g/mol. The fourth-order valence-electron chi connectivity index (χ4n) is 3.60. The predicted octanol–water partition coefficient (Wildman–Crippen LogP) is 4.84. The van der Waals surface area contributed by atoms with E-state index in [0.29, 0.717) is 45.0 Å². The molecule has 0 amide bonds. The van der Waals surface area contributed by atoms with Crippen molar-refractivity contribution in [1.82, 2.24) is 19.9 Å². The number of carbonyl (C=O) groups is 4. The van der Waals surface area contributed by atoms with Gasteiger partial charge in [-0.2, -0.15) is 0 Å². The van der Waals surface area contributed by atoms with Crippen LogP contribution in [0, 0.1) is 29.7 Å². The van der Waals surface area contributed by atoms with Crippen molar-refractivity contribution in [3.63, 3.8) is 0 Å². The van der Waals surface area contributed by atoms with E-state index in [9.17, 15) is 19.2 Å². The first-order chi connectivity index (χ1) is 15.6. The van der Waals surface area contributed by atoms with Crippen LogP contribution in [0.15, 0.2) is 73.3 Å². The van der Waals surface area contributed by atoms with Crippen molar-refractivity contribution in [3.8, 4) is 22.8 Å². The molecular weight excluding hydrogens is 1040 g/mol. The van der Waals surface area contributed by atoms with Gasteiger partial charge in [-0.1, -0.05) is 0 Å². The zero-order valence-corrected chi connectivity index (χ0v) is 28.1. The molecule has 0 bridgehead atoms. The van der Waals surface area contributed by atoms with E-state index < -0.39 is 23.1 Å². The van der Waals surface area contributed by atoms with E-state index in [2.05, 4.69) is 19.9 Å². The molecular formula is C28H24N4O4Pt3. The van der Waals surface area contributed by atoms with Crippen LogP contribution in [0.25, 0.3) is 22.8 Å². The third kappa shape index (κ3) is 7.31. The molecule has 0 saturated carbocycles. The minimum Gasteiger partial charge on any atom is -0.358 e.